The number of hydrogen-bond acceptors (Lipinski definition) is 5. The van der Waals surface area contributed by atoms with Crippen LogP contribution in [-0.4, -0.2) is 18.4 Å². The summed E-state index contributed by atoms with van der Waals surface area (Å²) in [5, 5.41) is 17.5. The Bertz CT molecular complexity index is 532. The number of hydrogen-bond donors (Lipinski definition) is 0. The van der Waals surface area contributed by atoms with E-state index in [1.54, 1.807) is 6.92 Å². The Morgan fingerprint density at radius 1 is 1.17 bits per heavy atom. The van der Waals surface area contributed by atoms with Gasteiger partial charge in [0.15, 0.2) is 5.78 Å². The minimum Gasteiger partial charge on any atom is -0.466 e. The smallest absolute Gasteiger partial charge is 0.313 e. The number of esters is 1. The highest BCUT2D eigenvalue weighted by Crippen LogP contribution is 2.11. The van der Waals surface area contributed by atoms with E-state index in [0.717, 1.165) is 0 Å². The van der Waals surface area contributed by atoms with E-state index in [-0.39, 0.29) is 23.3 Å². The number of nitrogens with zero attached hydrogens (tertiary/aromatic N) is 2. The number of nitriles is 2. The zero-order valence-electron chi connectivity index (χ0n) is 9.77. The van der Waals surface area contributed by atoms with E-state index in [9.17, 15) is 9.59 Å². The number of ketones is 1. The molecule has 0 N–H and O–H groups in total. The first kappa shape index (κ1) is 13.4. The lowest BCUT2D eigenvalue weighted by Crippen LogP contribution is -2.11. The zero-order valence-corrected chi connectivity index (χ0v) is 9.77. The fourth-order valence-electron chi connectivity index (χ4n) is 1.36. The number of ether oxygens (including phenoxy) is 1. The van der Waals surface area contributed by atoms with E-state index in [0.29, 0.717) is 0 Å². The van der Waals surface area contributed by atoms with E-state index in [1.807, 2.05) is 12.1 Å². The zero-order chi connectivity index (χ0) is 13.5. The lowest BCUT2D eigenvalue weighted by atomic mass is 10.0. The molecule has 18 heavy (non-hydrogen) atoms. The van der Waals surface area contributed by atoms with Crippen LogP contribution in [0.3, 0.4) is 0 Å². The van der Waals surface area contributed by atoms with Gasteiger partial charge < -0.3 is 4.74 Å². The molecule has 0 aliphatic rings. The molecule has 0 bridgehead atoms. The predicted molar refractivity (Wildman–Crippen MR) is 61.5 cm³/mol. The average Bonchev–Trinajstić information content (AvgIpc) is 2.38. The number of benzene rings is 1. The lowest BCUT2D eigenvalue weighted by molar-refractivity contribution is -0.141. The highest BCUT2D eigenvalue weighted by molar-refractivity contribution is 6.06. The lowest BCUT2D eigenvalue weighted by Gasteiger charge is -2.02. The minimum absolute atomic E-state index is 0.165. The standard InChI is InChI=1S/C13H10N2O3/c1-2-18-13(17)6-12(16)11-4-9(7-14)3-10(5-11)8-15/h3-5H,2,6H2,1H3. The van der Waals surface area contributed by atoms with Crippen LogP contribution in [0.1, 0.15) is 34.8 Å². The molecule has 0 aliphatic carbocycles. The van der Waals surface area contributed by atoms with E-state index in [2.05, 4.69) is 4.74 Å². The summed E-state index contributed by atoms with van der Waals surface area (Å²) in [6, 6.07) is 7.79. The summed E-state index contributed by atoms with van der Waals surface area (Å²) in [7, 11) is 0. The molecular weight excluding hydrogens is 232 g/mol. The van der Waals surface area contributed by atoms with Gasteiger partial charge in [0, 0.05) is 5.56 Å². The van der Waals surface area contributed by atoms with Crippen LogP contribution in [0.25, 0.3) is 0 Å². The first-order valence-corrected chi connectivity index (χ1v) is 5.24. The molecule has 90 valence electrons. The number of carbonyl (C=O) groups excluding carboxylic acids is 2. The van der Waals surface area contributed by atoms with Crippen molar-refractivity contribution in [3.8, 4) is 12.1 Å². The third-order valence-corrected chi connectivity index (χ3v) is 2.12. The predicted octanol–water partition coefficient (Wildman–Crippen LogP) is 1.57. The highest BCUT2D eigenvalue weighted by Gasteiger charge is 2.14. The molecule has 0 amide bonds. The van der Waals surface area contributed by atoms with Gasteiger partial charge in [0.05, 0.1) is 29.9 Å². The summed E-state index contributed by atoms with van der Waals surface area (Å²) in [6.45, 7) is 1.85. The maximum absolute atomic E-state index is 11.7. The van der Waals surface area contributed by atoms with Gasteiger partial charge in [0.25, 0.3) is 0 Å². The number of rotatable bonds is 4. The van der Waals surface area contributed by atoms with Crippen molar-refractivity contribution < 1.29 is 14.3 Å². The molecule has 0 saturated heterocycles. The molecule has 1 rings (SSSR count). The Balaban J connectivity index is 2.96. The van der Waals surface area contributed by atoms with Crippen LogP contribution in [0.4, 0.5) is 0 Å². The van der Waals surface area contributed by atoms with Gasteiger partial charge in [-0.1, -0.05) is 0 Å². The third kappa shape index (κ3) is 3.43. The molecule has 0 unspecified atom stereocenters. The molecule has 1 aromatic carbocycles. The van der Waals surface area contributed by atoms with Gasteiger partial charge in [-0.25, -0.2) is 0 Å². The molecule has 0 saturated carbocycles. The van der Waals surface area contributed by atoms with Gasteiger partial charge in [-0.05, 0) is 25.1 Å². The number of carbonyl (C=O) groups is 2. The molecule has 5 nitrogen and oxygen atoms in total. The summed E-state index contributed by atoms with van der Waals surface area (Å²) in [5.74, 6) is -1.09. The molecular formula is C13H10N2O3. The van der Waals surface area contributed by atoms with Gasteiger partial charge in [-0.3, -0.25) is 9.59 Å². The molecule has 0 radical (unpaired) electrons. The van der Waals surface area contributed by atoms with Crippen LogP contribution in [0, 0.1) is 22.7 Å². The quantitative estimate of drug-likeness (QED) is 0.454. The minimum atomic E-state index is -0.622. The Morgan fingerprint density at radius 3 is 2.17 bits per heavy atom. The fourth-order valence-corrected chi connectivity index (χ4v) is 1.36. The average molecular weight is 242 g/mol. The summed E-state index contributed by atoms with van der Waals surface area (Å²) in [5.41, 5.74) is 0.584. The van der Waals surface area contributed by atoms with E-state index in [1.165, 1.54) is 18.2 Å². The largest absolute Gasteiger partial charge is 0.466 e. The summed E-state index contributed by atoms with van der Waals surface area (Å²) in [6.07, 6.45) is -0.395. The van der Waals surface area contributed by atoms with Gasteiger partial charge in [0.1, 0.15) is 6.42 Å². The van der Waals surface area contributed by atoms with Crippen LogP contribution in [0.5, 0.6) is 0 Å². The molecule has 0 aliphatic heterocycles. The van der Waals surface area contributed by atoms with Gasteiger partial charge in [-0.15, -0.1) is 0 Å². The molecule has 0 atom stereocenters. The van der Waals surface area contributed by atoms with Gasteiger partial charge in [0.2, 0.25) is 0 Å². The van der Waals surface area contributed by atoms with Crippen molar-refractivity contribution >= 4 is 11.8 Å². The summed E-state index contributed by atoms with van der Waals surface area (Å²) in [4.78, 5) is 22.9. The maximum Gasteiger partial charge on any atom is 0.313 e. The van der Waals surface area contributed by atoms with E-state index >= 15 is 0 Å². The van der Waals surface area contributed by atoms with Crippen LogP contribution in [-0.2, 0) is 9.53 Å². The molecule has 0 aromatic heterocycles. The highest BCUT2D eigenvalue weighted by atomic mass is 16.5. The van der Waals surface area contributed by atoms with Crippen LogP contribution in [0.15, 0.2) is 18.2 Å². The second-order valence-electron chi connectivity index (χ2n) is 3.43. The Morgan fingerprint density at radius 2 is 1.72 bits per heavy atom. The van der Waals surface area contributed by atoms with Crippen LogP contribution < -0.4 is 0 Å². The van der Waals surface area contributed by atoms with E-state index in [4.69, 9.17) is 10.5 Å². The fraction of sp³-hybridized carbons (Fsp3) is 0.231. The van der Waals surface area contributed by atoms with Crippen molar-refractivity contribution in [1.82, 2.24) is 0 Å². The Kier molecular flexibility index (Phi) is 4.59. The Labute approximate surface area is 104 Å². The molecule has 1 aromatic rings. The van der Waals surface area contributed by atoms with Crippen molar-refractivity contribution in [3.05, 3.63) is 34.9 Å². The summed E-state index contributed by atoms with van der Waals surface area (Å²) >= 11 is 0. The maximum atomic E-state index is 11.7. The van der Waals surface area contributed by atoms with Crippen molar-refractivity contribution in [2.45, 2.75) is 13.3 Å². The van der Waals surface area contributed by atoms with Gasteiger partial charge >= 0.3 is 5.97 Å². The van der Waals surface area contributed by atoms with Crippen molar-refractivity contribution in [1.29, 1.82) is 10.5 Å². The first-order chi connectivity index (χ1) is 8.60. The molecule has 0 heterocycles. The van der Waals surface area contributed by atoms with Crippen molar-refractivity contribution in [2.75, 3.05) is 6.61 Å². The second kappa shape index (κ2) is 6.17. The van der Waals surface area contributed by atoms with Crippen LogP contribution in [0.2, 0.25) is 0 Å². The second-order valence-corrected chi connectivity index (χ2v) is 3.43. The molecule has 5 heteroatoms. The topological polar surface area (TPSA) is 90.9 Å². The molecule has 0 fully saturated rings. The van der Waals surface area contributed by atoms with Gasteiger partial charge in [-0.2, -0.15) is 10.5 Å². The Hall–Kier alpha value is -2.66. The van der Waals surface area contributed by atoms with Crippen molar-refractivity contribution in [2.24, 2.45) is 0 Å². The normalized spacial score (nSPS) is 9.06. The third-order valence-electron chi connectivity index (χ3n) is 2.12. The molecule has 0 spiro atoms. The van der Waals surface area contributed by atoms with E-state index < -0.39 is 18.2 Å². The summed E-state index contributed by atoms with van der Waals surface area (Å²) < 4.78 is 4.66. The number of Topliss-reactive ketones (excluding diaryl/α,β-unsaturated/α-hetero) is 1. The first-order valence-electron chi connectivity index (χ1n) is 5.24. The SMILES string of the molecule is CCOC(=O)CC(=O)c1cc(C#N)cc(C#N)c1. The van der Waals surface area contributed by atoms with Crippen molar-refractivity contribution in [3.63, 3.8) is 0 Å². The van der Waals surface area contributed by atoms with Crippen LogP contribution >= 0.6 is 0 Å². The monoisotopic (exact) mass is 242 g/mol.